The summed E-state index contributed by atoms with van der Waals surface area (Å²) in [5.41, 5.74) is 8.24. The summed E-state index contributed by atoms with van der Waals surface area (Å²) in [6, 6.07) is 7.35. The molecule has 0 fully saturated rings. The molecule has 20 heavy (non-hydrogen) atoms. The molecule has 1 amide bonds. The Balaban J connectivity index is 2.16. The summed E-state index contributed by atoms with van der Waals surface area (Å²) in [7, 11) is 0. The summed E-state index contributed by atoms with van der Waals surface area (Å²) < 4.78 is 3.87. The van der Waals surface area contributed by atoms with E-state index in [2.05, 4.69) is 14.9 Å². The molecule has 0 aliphatic rings. The number of hydrogen-bond acceptors (Lipinski definition) is 5. The maximum Gasteiger partial charge on any atom is 0.265 e. The van der Waals surface area contributed by atoms with E-state index >= 15 is 0 Å². The van der Waals surface area contributed by atoms with Crippen LogP contribution in [0.3, 0.4) is 0 Å². The molecule has 0 radical (unpaired) electrons. The summed E-state index contributed by atoms with van der Waals surface area (Å²) in [6.07, 6.45) is 0. The first-order valence-electron chi connectivity index (χ1n) is 6.48. The van der Waals surface area contributed by atoms with Crippen molar-refractivity contribution in [3.05, 3.63) is 40.4 Å². The van der Waals surface area contributed by atoms with Gasteiger partial charge in [0.2, 0.25) is 0 Å². The van der Waals surface area contributed by atoms with Gasteiger partial charge in [0.25, 0.3) is 5.91 Å². The molecule has 1 aromatic heterocycles. The normalized spacial score (nSPS) is 12.4. The van der Waals surface area contributed by atoms with Crippen LogP contribution >= 0.6 is 11.5 Å². The van der Waals surface area contributed by atoms with E-state index in [1.807, 2.05) is 45.0 Å². The van der Waals surface area contributed by atoms with E-state index in [-0.39, 0.29) is 17.9 Å². The summed E-state index contributed by atoms with van der Waals surface area (Å²) in [5.74, 6) is 0.0195. The van der Waals surface area contributed by atoms with Crippen molar-refractivity contribution >= 4 is 23.1 Å². The lowest BCUT2D eigenvalue weighted by Crippen LogP contribution is -2.27. The van der Waals surface area contributed by atoms with Gasteiger partial charge < -0.3 is 11.1 Å². The minimum Gasteiger partial charge on any atom is -0.398 e. The number of amides is 1. The maximum absolute atomic E-state index is 12.3. The fourth-order valence-electron chi connectivity index (χ4n) is 1.98. The van der Waals surface area contributed by atoms with Gasteiger partial charge in [-0.3, -0.25) is 4.79 Å². The number of hydrogen-bond donors (Lipinski definition) is 2. The first-order valence-corrected chi connectivity index (χ1v) is 7.25. The van der Waals surface area contributed by atoms with Gasteiger partial charge in [-0.1, -0.05) is 36.5 Å². The Morgan fingerprint density at radius 2 is 2.00 bits per heavy atom. The van der Waals surface area contributed by atoms with Crippen LogP contribution in [0.2, 0.25) is 0 Å². The van der Waals surface area contributed by atoms with Gasteiger partial charge in [0.05, 0.1) is 11.7 Å². The van der Waals surface area contributed by atoms with E-state index in [1.54, 1.807) is 0 Å². The number of benzene rings is 1. The number of rotatable bonds is 4. The third-order valence-electron chi connectivity index (χ3n) is 3.08. The van der Waals surface area contributed by atoms with Gasteiger partial charge in [0.1, 0.15) is 4.88 Å². The molecule has 2 rings (SSSR count). The molecule has 106 valence electrons. The Morgan fingerprint density at radius 3 is 2.65 bits per heavy atom. The average molecular weight is 290 g/mol. The molecule has 0 saturated carbocycles. The molecule has 0 spiro atoms. The Morgan fingerprint density at radius 1 is 1.30 bits per heavy atom. The number of carbonyl (C=O) groups is 1. The number of nitrogen functional groups attached to an aromatic ring is 1. The van der Waals surface area contributed by atoms with Crippen molar-refractivity contribution in [3.8, 4) is 0 Å². The molecule has 2 aromatic rings. The average Bonchev–Trinajstić information content (AvgIpc) is 2.88. The predicted molar refractivity (Wildman–Crippen MR) is 80.7 cm³/mol. The Hall–Kier alpha value is -1.95. The Labute approximate surface area is 122 Å². The summed E-state index contributed by atoms with van der Waals surface area (Å²) in [4.78, 5) is 12.9. The van der Waals surface area contributed by atoms with Crippen LogP contribution < -0.4 is 11.1 Å². The number of nitrogens with zero attached hydrogens (tertiary/aromatic N) is 2. The van der Waals surface area contributed by atoms with Crippen molar-refractivity contribution in [2.24, 2.45) is 0 Å². The molecule has 6 heteroatoms. The zero-order valence-corrected chi connectivity index (χ0v) is 12.6. The number of aromatic nitrogens is 2. The number of anilines is 1. The summed E-state index contributed by atoms with van der Waals surface area (Å²) in [5, 5.41) is 6.96. The molecular weight excluding hydrogens is 272 g/mol. The van der Waals surface area contributed by atoms with E-state index in [9.17, 15) is 4.79 Å². The first-order chi connectivity index (χ1) is 9.50. The third-order valence-corrected chi connectivity index (χ3v) is 3.82. The zero-order valence-electron chi connectivity index (χ0n) is 11.8. The van der Waals surface area contributed by atoms with Crippen LogP contribution in [-0.4, -0.2) is 15.5 Å². The monoisotopic (exact) mass is 290 g/mol. The van der Waals surface area contributed by atoms with Crippen LogP contribution in [0.15, 0.2) is 24.3 Å². The van der Waals surface area contributed by atoms with Gasteiger partial charge in [0, 0.05) is 5.69 Å². The molecule has 3 N–H and O–H groups in total. The van der Waals surface area contributed by atoms with Crippen LogP contribution in [0.1, 0.15) is 53.7 Å². The van der Waals surface area contributed by atoms with E-state index in [4.69, 9.17) is 5.73 Å². The lowest BCUT2D eigenvalue weighted by Gasteiger charge is -2.16. The lowest BCUT2D eigenvalue weighted by molar-refractivity contribution is 0.0942. The van der Waals surface area contributed by atoms with Crippen molar-refractivity contribution in [2.75, 3.05) is 5.73 Å². The van der Waals surface area contributed by atoms with Crippen molar-refractivity contribution in [3.63, 3.8) is 0 Å². The minimum atomic E-state index is -0.161. The second-order valence-corrected chi connectivity index (χ2v) is 5.72. The van der Waals surface area contributed by atoms with Crippen LogP contribution in [0.4, 0.5) is 5.69 Å². The van der Waals surface area contributed by atoms with Gasteiger partial charge in [-0.2, -0.15) is 0 Å². The lowest BCUT2D eigenvalue weighted by atomic mass is 10.1. The van der Waals surface area contributed by atoms with Crippen molar-refractivity contribution in [1.29, 1.82) is 0 Å². The highest BCUT2D eigenvalue weighted by Gasteiger charge is 2.20. The van der Waals surface area contributed by atoms with Gasteiger partial charge in [-0.15, -0.1) is 5.10 Å². The molecule has 0 bridgehead atoms. The molecule has 1 atom stereocenters. The third kappa shape index (κ3) is 2.96. The fourth-order valence-corrected chi connectivity index (χ4v) is 2.70. The predicted octanol–water partition coefficient (Wildman–Crippen LogP) is 2.73. The molecule has 0 aliphatic carbocycles. The Bertz CT molecular complexity index is 609. The number of nitrogens with one attached hydrogen (secondary N) is 1. The Kier molecular flexibility index (Phi) is 4.34. The molecule has 5 nitrogen and oxygen atoms in total. The van der Waals surface area contributed by atoms with Crippen LogP contribution in [-0.2, 0) is 0 Å². The highest BCUT2D eigenvalue weighted by atomic mass is 32.1. The van der Waals surface area contributed by atoms with Gasteiger partial charge in [-0.25, -0.2) is 0 Å². The standard InChI is InChI=1S/C14H18N4OS/c1-8(2)12-13(20-18-17-12)14(19)16-9(3)10-6-4-5-7-11(10)15/h4-9H,15H2,1-3H3,(H,16,19). The van der Waals surface area contributed by atoms with Gasteiger partial charge in [0.15, 0.2) is 0 Å². The van der Waals surface area contributed by atoms with Crippen LogP contribution in [0.25, 0.3) is 0 Å². The summed E-state index contributed by atoms with van der Waals surface area (Å²) >= 11 is 1.12. The van der Waals surface area contributed by atoms with Crippen molar-refractivity contribution in [2.45, 2.75) is 32.7 Å². The zero-order chi connectivity index (χ0) is 14.7. The van der Waals surface area contributed by atoms with Gasteiger partial charge in [-0.05, 0) is 36.0 Å². The first kappa shape index (κ1) is 14.5. The van der Waals surface area contributed by atoms with Crippen LogP contribution in [0.5, 0.6) is 0 Å². The van der Waals surface area contributed by atoms with E-state index in [0.717, 1.165) is 22.8 Å². The van der Waals surface area contributed by atoms with Crippen molar-refractivity contribution in [1.82, 2.24) is 14.9 Å². The topological polar surface area (TPSA) is 80.9 Å². The fraction of sp³-hybridized carbons (Fsp3) is 0.357. The van der Waals surface area contributed by atoms with E-state index in [1.165, 1.54) is 0 Å². The molecule has 0 saturated heterocycles. The highest BCUT2D eigenvalue weighted by Crippen LogP contribution is 2.23. The van der Waals surface area contributed by atoms with Gasteiger partial charge >= 0.3 is 0 Å². The molecular formula is C14H18N4OS. The molecule has 1 heterocycles. The smallest absolute Gasteiger partial charge is 0.265 e. The van der Waals surface area contributed by atoms with E-state index < -0.39 is 0 Å². The molecule has 1 unspecified atom stereocenters. The highest BCUT2D eigenvalue weighted by molar-refractivity contribution is 7.08. The minimum absolute atomic E-state index is 0.153. The second kappa shape index (κ2) is 6.00. The number of carbonyl (C=O) groups excluding carboxylic acids is 1. The summed E-state index contributed by atoms with van der Waals surface area (Å²) in [6.45, 7) is 5.89. The molecule has 1 aromatic carbocycles. The number of nitrogens with two attached hydrogens (primary N) is 1. The van der Waals surface area contributed by atoms with Crippen molar-refractivity contribution < 1.29 is 4.79 Å². The largest absolute Gasteiger partial charge is 0.398 e. The SMILES string of the molecule is CC(C)c1nnsc1C(=O)NC(C)c1ccccc1N. The van der Waals surface area contributed by atoms with Crippen LogP contribution in [0, 0.1) is 0 Å². The number of para-hydroxylation sites is 1. The second-order valence-electron chi connectivity index (χ2n) is 4.97. The maximum atomic E-state index is 12.3. The van der Waals surface area contributed by atoms with E-state index in [0.29, 0.717) is 10.6 Å². The quantitative estimate of drug-likeness (QED) is 0.848. The molecule has 0 aliphatic heterocycles.